The third kappa shape index (κ3) is 5.48. The van der Waals surface area contributed by atoms with Gasteiger partial charge in [-0.05, 0) is 60.7 Å². The fraction of sp³-hybridized carbons (Fsp3) is 0.259. The van der Waals surface area contributed by atoms with Crippen molar-refractivity contribution in [1.29, 1.82) is 0 Å². The molecule has 0 spiro atoms. The van der Waals surface area contributed by atoms with Gasteiger partial charge in [0, 0.05) is 37.4 Å². The highest BCUT2D eigenvalue weighted by Crippen LogP contribution is 2.31. The normalized spacial score (nSPS) is 15.7. The summed E-state index contributed by atoms with van der Waals surface area (Å²) in [6.45, 7) is 1.64. The van der Waals surface area contributed by atoms with Gasteiger partial charge in [0.25, 0.3) is 0 Å². The summed E-state index contributed by atoms with van der Waals surface area (Å²) in [5.41, 5.74) is 1.14. The number of hydrogen-bond acceptors (Lipinski definition) is 8. The highest BCUT2D eigenvalue weighted by Gasteiger charge is 2.29. The van der Waals surface area contributed by atoms with Crippen molar-refractivity contribution in [2.75, 3.05) is 50.9 Å². The maximum atomic E-state index is 13.2. The van der Waals surface area contributed by atoms with Crippen LogP contribution in [0.4, 0.5) is 10.1 Å². The highest BCUT2D eigenvalue weighted by atomic mass is 32.2. The van der Waals surface area contributed by atoms with Crippen LogP contribution in [0.25, 0.3) is 0 Å². The number of anilines is 1. The molecular formula is C27H25FN2O7S. The predicted octanol–water partition coefficient (Wildman–Crippen LogP) is 3.15. The van der Waals surface area contributed by atoms with Gasteiger partial charge in [-0.1, -0.05) is 6.07 Å². The summed E-state index contributed by atoms with van der Waals surface area (Å²) in [5.74, 6) is -0.585. The molecule has 0 radical (unpaired) electrons. The molecule has 0 bridgehead atoms. The lowest BCUT2D eigenvalue weighted by Crippen LogP contribution is -2.48. The van der Waals surface area contributed by atoms with Gasteiger partial charge in [-0.3, -0.25) is 4.79 Å². The molecule has 0 aliphatic carbocycles. The molecule has 0 aromatic heterocycles. The molecule has 5 rings (SSSR count). The Morgan fingerprint density at radius 1 is 0.842 bits per heavy atom. The number of Topliss-reactive ketones (excluding diaryl/α,β-unsaturated/α-hetero) is 1. The molecule has 0 N–H and O–H groups in total. The Morgan fingerprint density at radius 3 is 2.29 bits per heavy atom. The van der Waals surface area contributed by atoms with Crippen molar-refractivity contribution in [2.24, 2.45) is 0 Å². The number of halogens is 1. The van der Waals surface area contributed by atoms with Gasteiger partial charge in [0.1, 0.15) is 19.0 Å². The summed E-state index contributed by atoms with van der Waals surface area (Å²) in [7, 11) is -3.87. The van der Waals surface area contributed by atoms with E-state index in [0.29, 0.717) is 43.4 Å². The quantitative estimate of drug-likeness (QED) is 0.333. The zero-order valence-corrected chi connectivity index (χ0v) is 21.2. The first kappa shape index (κ1) is 25.7. The van der Waals surface area contributed by atoms with E-state index in [-0.39, 0.29) is 29.4 Å². The number of piperazine rings is 1. The second kappa shape index (κ2) is 10.8. The Bertz CT molecular complexity index is 1450. The van der Waals surface area contributed by atoms with Crippen molar-refractivity contribution >= 4 is 27.5 Å². The molecule has 0 amide bonds. The van der Waals surface area contributed by atoms with Gasteiger partial charge in [-0.15, -0.1) is 0 Å². The molecule has 1 saturated heterocycles. The average molecular weight is 541 g/mol. The van der Waals surface area contributed by atoms with E-state index in [1.165, 1.54) is 46.8 Å². The van der Waals surface area contributed by atoms with Gasteiger partial charge in [0.2, 0.25) is 10.0 Å². The van der Waals surface area contributed by atoms with Crippen molar-refractivity contribution in [3.05, 3.63) is 83.7 Å². The minimum atomic E-state index is -3.87. The number of fused-ring (bicyclic) bond motifs is 1. The first-order chi connectivity index (χ1) is 18.3. The van der Waals surface area contributed by atoms with Crippen LogP contribution in [0.1, 0.15) is 20.7 Å². The van der Waals surface area contributed by atoms with Crippen LogP contribution in [-0.4, -0.2) is 70.5 Å². The highest BCUT2D eigenvalue weighted by molar-refractivity contribution is 7.89. The third-order valence-electron chi connectivity index (χ3n) is 6.34. The maximum Gasteiger partial charge on any atom is 0.338 e. The lowest BCUT2D eigenvalue weighted by molar-refractivity contribution is 0.0474. The summed E-state index contributed by atoms with van der Waals surface area (Å²) in [6, 6.07) is 16.3. The summed E-state index contributed by atoms with van der Waals surface area (Å²) < 4.78 is 57.1. The van der Waals surface area contributed by atoms with Crippen LogP contribution in [-0.2, 0) is 14.8 Å². The minimum absolute atomic E-state index is 0.0194. The number of esters is 1. The number of carbonyl (C=O) groups is 2. The molecule has 2 aliphatic heterocycles. The van der Waals surface area contributed by atoms with E-state index in [0.717, 1.165) is 5.69 Å². The molecule has 1 fully saturated rings. The number of nitrogens with zero attached hydrogens (tertiary/aromatic N) is 2. The Balaban J connectivity index is 1.20. The van der Waals surface area contributed by atoms with Gasteiger partial charge in [0.15, 0.2) is 23.9 Å². The number of benzene rings is 3. The zero-order valence-electron chi connectivity index (χ0n) is 20.3. The lowest BCUT2D eigenvalue weighted by Gasteiger charge is -2.35. The van der Waals surface area contributed by atoms with Crippen molar-refractivity contribution in [1.82, 2.24) is 4.31 Å². The molecule has 2 aliphatic rings. The van der Waals surface area contributed by atoms with E-state index in [1.54, 1.807) is 24.3 Å². The van der Waals surface area contributed by atoms with Crippen molar-refractivity contribution in [3.8, 4) is 11.5 Å². The van der Waals surface area contributed by atoms with Gasteiger partial charge in [0.05, 0.1) is 10.5 Å². The van der Waals surface area contributed by atoms with Crippen LogP contribution < -0.4 is 14.4 Å². The minimum Gasteiger partial charge on any atom is -0.486 e. The van der Waals surface area contributed by atoms with E-state index in [1.807, 2.05) is 4.90 Å². The summed E-state index contributed by atoms with van der Waals surface area (Å²) >= 11 is 0. The Hall–Kier alpha value is -3.96. The van der Waals surface area contributed by atoms with Crippen molar-refractivity contribution < 1.29 is 36.6 Å². The molecule has 0 atom stereocenters. The largest absolute Gasteiger partial charge is 0.486 e. The molecule has 9 nitrogen and oxygen atoms in total. The summed E-state index contributed by atoms with van der Waals surface area (Å²) in [5, 5.41) is 0. The monoisotopic (exact) mass is 540 g/mol. The topological polar surface area (TPSA) is 102 Å². The molecule has 2 heterocycles. The SMILES string of the molecule is O=C(COC(=O)c1cccc(S(=O)(=O)N2CCN(c3ccc(F)cc3)CC2)c1)c1ccc2c(c1)OCCO2. The molecular weight excluding hydrogens is 515 g/mol. The van der Waals surface area contributed by atoms with E-state index < -0.39 is 28.4 Å². The van der Waals surface area contributed by atoms with Crippen LogP contribution in [0.5, 0.6) is 11.5 Å². The molecule has 0 saturated carbocycles. The van der Waals surface area contributed by atoms with E-state index in [9.17, 15) is 22.4 Å². The van der Waals surface area contributed by atoms with Crippen LogP contribution in [0.15, 0.2) is 71.6 Å². The molecule has 3 aromatic carbocycles. The van der Waals surface area contributed by atoms with E-state index in [2.05, 4.69) is 0 Å². The maximum absolute atomic E-state index is 13.2. The predicted molar refractivity (Wildman–Crippen MR) is 136 cm³/mol. The molecule has 0 unspecified atom stereocenters. The van der Waals surface area contributed by atoms with Crippen molar-refractivity contribution in [2.45, 2.75) is 4.90 Å². The van der Waals surface area contributed by atoms with E-state index in [4.69, 9.17) is 14.2 Å². The van der Waals surface area contributed by atoms with Gasteiger partial charge in [-0.2, -0.15) is 4.31 Å². The van der Waals surface area contributed by atoms with Crippen LogP contribution >= 0.6 is 0 Å². The molecule has 3 aromatic rings. The molecule has 11 heteroatoms. The van der Waals surface area contributed by atoms with Crippen LogP contribution in [0.2, 0.25) is 0 Å². The van der Waals surface area contributed by atoms with Gasteiger partial charge in [-0.25, -0.2) is 17.6 Å². The second-order valence-electron chi connectivity index (χ2n) is 8.75. The number of sulfonamides is 1. The Morgan fingerprint density at radius 2 is 1.55 bits per heavy atom. The van der Waals surface area contributed by atoms with E-state index >= 15 is 0 Å². The van der Waals surface area contributed by atoms with Crippen LogP contribution in [0.3, 0.4) is 0 Å². The standard InChI is InChI=1S/C27H25FN2O7S/c28-21-5-7-22(8-6-21)29-10-12-30(13-11-29)38(33,34)23-3-1-2-20(16-23)27(32)37-18-24(31)19-4-9-25-26(17-19)36-15-14-35-25/h1-9,16-17H,10-15,18H2. The van der Waals surface area contributed by atoms with Gasteiger partial charge >= 0.3 is 5.97 Å². The number of hydrogen-bond donors (Lipinski definition) is 0. The van der Waals surface area contributed by atoms with Crippen molar-refractivity contribution in [3.63, 3.8) is 0 Å². The third-order valence-corrected chi connectivity index (χ3v) is 8.23. The average Bonchev–Trinajstić information content (AvgIpc) is 2.96. The second-order valence-corrected chi connectivity index (χ2v) is 10.7. The van der Waals surface area contributed by atoms with Gasteiger partial charge < -0.3 is 19.1 Å². The number of carbonyl (C=O) groups excluding carboxylic acids is 2. The van der Waals surface area contributed by atoms with Crippen LogP contribution in [0, 0.1) is 5.82 Å². The molecule has 38 heavy (non-hydrogen) atoms. The number of ketones is 1. The Labute approximate surface area is 219 Å². The zero-order chi connectivity index (χ0) is 26.7. The fourth-order valence-electron chi connectivity index (χ4n) is 4.29. The number of rotatable bonds is 7. The summed E-state index contributed by atoms with van der Waals surface area (Å²) in [4.78, 5) is 27.1. The first-order valence-corrected chi connectivity index (χ1v) is 13.5. The first-order valence-electron chi connectivity index (χ1n) is 12.0. The number of ether oxygens (including phenoxy) is 3. The fourth-order valence-corrected chi connectivity index (χ4v) is 5.75. The summed E-state index contributed by atoms with van der Waals surface area (Å²) in [6.07, 6.45) is 0. The molecule has 198 valence electrons. The Kier molecular flexibility index (Phi) is 7.30. The smallest absolute Gasteiger partial charge is 0.338 e. The lowest BCUT2D eigenvalue weighted by atomic mass is 10.1.